The Morgan fingerprint density at radius 3 is 2.52 bits per heavy atom. The normalized spacial score (nSPS) is 34.3. The van der Waals surface area contributed by atoms with Gasteiger partial charge >= 0.3 is 0 Å². The highest BCUT2D eigenvalue weighted by molar-refractivity contribution is 7.11. The molecule has 2 nitrogen and oxygen atoms in total. The van der Waals surface area contributed by atoms with E-state index < -0.39 is 0 Å². The van der Waals surface area contributed by atoms with Crippen LogP contribution in [-0.2, 0) is 13.0 Å². The van der Waals surface area contributed by atoms with Crippen LogP contribution in [0.1, 0.15) is 56.7 Å². The van der Waals surface area contributed by atoms with E-state index in [2.05, 4.69) is 50.0 Å². The molecule has 0 aromatic carbocycles. The standard InChI is InChI=1S/C18H30N2S/c1-5-15-9-10-16(21-15)11-20-13-18(4,14-7-8-14)19-12-17(20,3)6-2/h9-10,14,19H,5-8,11-13H2,1-4H3. The summed E-state index contributed by atoms with van der Waals surface area (Å²) in [5.41, 5.74) is 0.629. The van der Waals surface area contributed by atoms with E-state index in [1.807, 2.05) is 11.3 Å². The average molecular weight is 307 g/mol. The summed E-state index contributed by atoms with van der Waals surface area (Å²) >= 11 is 2.00. The van der Waals surface area contributed by atoms with Crippen molar-refractivity contribution in [3.63, 3.8) is 0 Å². The molecular weight excluding hydrogens is 276 g/mol. The molecule has 2 fully saturated rings. The number of aryl methyl sites for hydroxylation is 1. The summed E-state index contributed by atoms with van der Waals surface area (Å²) < 4.78 is 0. The smallest absolute Gasteiger partial charge is 0.0334 e. The monoisotopic (exact) mass is 306 g/mol. The Hall–Kier alpha value is -0.380. The average Bonchev–Trinajstić information content (AvgIpc) is 3.25. The first-order valence-corrected chi connectivity index (χ1v) is 9.38. The van der Waals surface area contributed by atoms with E-state index in [1.165, 1.54) is 35.6 Å². The minimum absolute atomic E-state index is 0.296. The number of nitrogens with one attached hydrogen (secondary N) is 1. The topological polar surface area (TPSA) is 15.3 Å². The summed E-state index contributed by atoms with van der Waals surface area (Å²) in [5, 5.41) is 3.89. The maximum absolute atomic E-state index is 3.89. The van der Waals surface area contributed by atoms with Crippen LogP contribution in [0.5, 0.6) is 0 Å². The van der Waals surface area contributed by atoms with Crippen molar-refractivity contribution in [2.75, 3.05) is 13.1 Å². The van der Waals surface area contributed by atoms with Gasteiger partial charge in [-0.05, 0) is 57.6 Å². The molecule has 0 amide bonds. The number of hydrogen-bond acceptors (Lipinski definition) is 3. The number of nitrogens with zero attached hydrogens (tertiary/aromatic N) is 1. The van der Waals surface area contributed by atoms with Crippen molar-refractivity contribution in [1.29, 1.82) is 0 Å². The predicted octanol–water partition coefficient (Wildman–Crippen LogP) is 4.05. The van der Waals surface area contributed by atoms with E-state index in [0.717, 1.165) is 25.4 Å². The highest BCUT2D eigenvalue weighted by Gasteiger charge is 2.48. The first-order chi connectivity index (χ1) is 9.99. The Morgan fingerprint density at radius 1 is 1.24 bits per heavy atom. The summed E-state index contributed by atoms with van der Waals surface area (Å²) in [6.07, 6.45) is 5.21. The fourth-order valence-corrected chi connectivity index (χ4v) is 4.60. The van der Waals surface area contributed by atoms with Crippen LogP contribution in [0.15, 0.2) is 12.1 Å². The van der Waals surface area contributed by atoms with E-state index in [9.17, 15) is 0 Å². The lowest BCUT2D eigenvalue weighted by molar-refractivity contribution is 0.00497. The van der Waals surface area contributed by atoms with Gasteiger partial charge in [0.1, 0.15) is 0 Å². The van der Waals surface area contributed by atoms with Gasteiger partial charge < -0.3 is 5.32 Å². The Kier molecular flexibility index (Phi) is 4.19. The fraction of sp³-hybridized carbons (Fsp3) is 0.778. The molecule has 2 heterocycles. The van der Waals surface area contributed by atoms with Gasteiger partial charge in [0, 0.05) is 40.5 Å². The highest BCUT2D eigenvalue weighted by atomic mass is 32.1. The second kappa shape index (κ2) is 5.68. The Bertz CT molecular complexity index is 493. The lowest BCUT2D eigenvalue weighted by atomic mass is 9.84. The molecule has 118 valence electrons. The number of rotatable bonds is 5. The molecule has 1 aliphatic carbocycles. The summed E-state index contributed by atoms with van der Waals surface area (Å²) in [4.78, 5) is 5.81. The zero-order valence-corrected chi connectivity index (χ0v) is 14.9. The lowest BCUT2D eigenvalue weighted by Gasteiger charge is -2.52. The second-order valence-corrected chi connectivity index (χ2v) is 8.73. The summed E-state index contributed by atoms with van der Waals surface area (Å²) in [5.74, 6) is 0.899. The van der Waals surface area contributed by atoms with Gasteiger partial charge in [-0.15, -0.1) is 11.3 Å². The van der Waals surface area contributed by atoms with Gasteiger partial charge in [-0.2, -0.15) is 0 Å². The molecule has 3 heteroatoms. The number of thiophene rings is 1. The molecule has 1 N–H and O–H groups in total. The maximum Gasteiger partial charge on any atom is 0.0334 e. The molecule has 0 radical (unpaired) electrons. The highest BCUT2D eigenvalue weighted by Crippen LogP contribution is 2.43. The molecule has 1 aromatic heterocycles. The predicted molar refractivity (Wildman–Crippen MR) is 91.9 cm³/mol. The minimum atomic E-state index is 0.296. The van der Waals surface area contributed by atoms with Gasteiger partial charge in [0.25, 0.3) is 0 Å². The molecule has 0 bridgehead atoms. The van der Waals surface area contributed by atoms with E-state index in [1.54, 1.807) is 0 Å². The lowest BCUT2D eigenvalue weighted by Crippen LogP contribution is -2.68. The second-order valence-electron chi connectivity index (χ2n) is 7.47. The van der Waals surface area contributed by atoms with Crippen molar-refractivity contribution in [2.24, 2.45) is 5.92 Å². The van der Waals surface area contributed by atoms with E-state index in [4.69, 9.17) is 0 Å². The first-order valence-electron chi connectivity index (χ1n) is 8.57. The molecule has 0 spiro atoms. The number of piperazine rings is 1. The molecule has 2 atom stereocenters. The Morgan fingerprint density at radius 2 is 1.95 bits per heavy atom. The molecule has 1 aliphatic heterocycles. The van der Waals surface area contributed by atoms with Crippen LogP contribution in [0.4, 0.5) is 0 Å². The van der Waals surface area contributed by atoms with Crippen molar-refractivity contribution >= 4 is 11.3 Å². The van der Waals surface area contributed by atoms with E-state index in [0.29, 0.717) is 11.1 Å². The zero-order valence-electron chi connectivity index (χ0n) is 14.0. The van der Waals surface area contributed by atoms with Crippen molar-refractivity contribution in [1.82, 2.24) is 10.2 Å². The molecular formula is C18H30N2S. The largest absolute Gasteiger partial charge is 0.308 e. The van der Waals surface area contributed by atoms with Crippen LogP contribution in [0.25, 0.3) is 0 Å². The van der Waals surface area contributed by atoms with Gasteiger partial charge in [-0.3, -0.25) is 4.90 Å². The minimum Gasteiger partial charge on any atom is -0.308 e. The zero-order chi connectivity index (χ0) is 15.1. The van der Waals surface area contributed by atoms with Gasteiger partial charge in [0.05, 0.1) is 0 Å². The summed E-state index contributed by atoms with van der Waals surface area (Å²) in [6.45, 7) is 12.9. The van der Waals surface area contributed by atoms with Gasteiger partial charge in [0.2, 0.25) is 0 Å². The third kappa shape index (κ3) is 3.06. The van der Waals surface area contributed by atoms with Gasteiger partial charge in [0.15, 0.2) is 0 Å². The van der Waals surface area contributed by atoms with E-state index >= 15 is 0 Å². The molecule has 1 aromatic rings. The SMILES string of the molecule is CCc1ccc(CN2CC(C)(C3CC3)NCC2(C)CC)s1. The van der Waals surface area contributed by atoms with E-state index in [-0.39, 0.29) is 0 Å². The van der Waals surface area contributed by atoms with Crippen LogP contribution in [0.3, 0.4) is 0 Å². The van der Waals surface area contributed by atoms with Crippen LogP contribution in [0, 0.1) is 5.92 Å². The van der Waals surface area contributed by atoms with Crippen LogP contribution in [0.2, 0.25) is 0 Å². The Balaban J connectivity index is 1.77. The third-order valence-electron chi connectivity index (χ3n) is 5.81. The van der Waals surface area contributed by atoms with Crippen molar-refractivity contribution in [3.05, 3.63) is 21.9 Å². The quantitative estimate of drug-likeness (QED) is 0.883. The summed E-state index contributed by atoms with van der Waals surface area (Å²) in [6, 6.07) is 4.65. The molecule has 3 rings (SSSR count). The number of hydrogen-bond donors (Lipinski definition) is 1. The molecule has 1 saturated carbocycles. The molecule has 2 aliphatic rings. The maximum atomic E-state index is 3.89. The van der Waals surface area contributed by atoms with Crippen LogP contribution >= 0.6 is 11.3 Å². The molecule has 21 heavy (non-hydrogen) atoms. The van der Waals surface area contributed by atoms with Gasteiger partial charge in [-0.1, -0.05) is 13.8 Å². The van der Waals surface area contributed by atoms with Crippen LogP contribution in [-0.4, -0.2) is 29.1 Å². The molecule has 1 saturated heterocycles. The summed E-state index contributed by atoms with van der Waals surface area (Å²) in [7, 11) is 0. The van der Waals surface area contributed by atoms with Crippen LogP contribution < -0.4 is 5.32 Å². The van der Waals surface area contributed by atoms with Gasteiger partial charge in [-0.25, -0.2) is 0 Å². The fourth-order valence-electron chi connectivity index (χ4n) is 3.62. The molecule has 2 unspecified atom stereocenters. The Labute approximate surface area is 133 Å². The first kappa shape index (κ1) is 15.5. The van der Waals surface area contributed by atoms with Crippen molar-refractivity contribution in [2.45, 2.75) is 71.0 Å². The third-order valence-corrected chi connectivity index (χ3v) is 7.02. The van der Waals surface area contributed by atoms with Crippen molar-refractivity contribution in [3.8, 4) is 0 Å². The van der Waals surface area contributed by atoms with Crippen molar-refractivity contribution < 1.29 is 0 Å².